The van der Waals surface area contributed by atoms with Crippen LogP contribution in [0.1, 0.15) is 30.9 Å². The van der Waals surface area contributed by atoms with Crippen LogP contribution in [-0.4, -0.2) is 40.2 Å². The normalized spacial score (nSPS) is 16.7. The second kappa shape index (κ2) is 9.82. The van der Waals surface area contributed by atoms with Gasteiger partial charge in [-0.05, 0) is 61.4 Å². The number of benzene rings is 2. The summed E-state index contributed by atoms with van der Waals surface area (Å²) >= 11 is 1.35. The second-order valence-corrected chi connectivity index (χ2v) is 8.36. The van der Waals surface area contributed by atoms with E-state index in [1.165, 1.54) is 16.8 Å². The molecule has 0 saturated heterocycles. The number of hydrogen-bond donors (Lipinski definition) is 1. The molecule has 7 nitrogen and oxygen atoms in total. The number of para-hydroxylation sites is 1. The van der Waals surface area contributed by atoms with Crippen LogP contribution in [0.25, 0.3) is 6.08 Å². The van der Waals surface area contributed by atoms with Gasteiger partial charge in [-0.3, -0.25) is 10.2 Å². The zero-order valence-electron chi connectivity index (χ0n) is 18.0. The molecular formula is C24H24N4O3S. The molecule has 0 aliphatic carbocycles. The number of aliphatic imine (C=N–C) groups is 1. The zero-order valence-corrected chi connectivity index (χ0v) is 18.8. The number of carbonyl (C=O) groups is 1. The van der Waals surface area contributed by atoms with Gasteiger partial charge in [-0.25, -0.2) is 0 Å². The fourth-order valence-electron chi connectivity index (χ4n) is 3.25. The van der Waals surface area contributed by atoms with Gasteiger partial charge in [0, 0.05) is 5.56 Å². The number of rotatable bonds is 8. The van der Waals surface area contributed by atoms with E-state index in [0.717, 1.165) is 29.2 Å². The first-order valence-corrected chi connectivity index (χ1v) is 11.3. The predicted octanol–water partition coefficient (Wildman–Crippen LogP) is 4.87. The maximum Gasteiger partial charge on any atom is 0.283 e. The lowest BCUT2D eigenvalue weighted by Crippen LogP contribution is -2.35. The van der Waals surface area contributed by atoms with Gasteiger partial charge in [-0.15, -0.1) is 0 Å². The summed E-state index contributed by atoms with van der Waals surface area (Å²) in [4.78, 5) is 16.8. The molecule has 2 aromatic carbocycles. The van der Waals surface area contributed by atoms with Crippen LogP contribution in [0.15, 0.2) is 64.2 Å². The molecule has 2 heterocycles. The van der Waals surface area contributed by atoms with Gasteiger partial charge < -0.3 is 9.47 Å². The summed E-state index contributed by atoms with van der Waals surface area (Å²) in [5.74, 6) is 0.982. The highest BCUT2D eigenvalue weighted by Crippen LogP contribution is 2.31. The largest absolute Gasteiger partial charge is 0.490 e. The van der Waals surface area contributed by atoms with Crippen molar-refractivity contribution >= 4 is 39.8 Å². The van der Waals surface area contributed by atoms with Crippen molar-refractivity contribution in [2.75, 3.05) is 13.2 Å². The van der Waals surface area contributed by atoms with E-state index in [0.29, 0.717) is 29.7 Å². The number of amides is 1. The molecule has 1 N–H and O–H groups in total. The minimum absolute atomic E-state index is 0.0242. The van der Waals surface area contributed by atoms with Gasteiger partial charge in [0.2, 0.25) is 5.17 Å². The highest BCUT2D eigenvalue weighted by atomic mass is 32.2. The molecule has 0 radical (unpaired) electrons. The first kappa shape index (κ1) is 21.8. The quantitative estimate of drug-likeness (QED) is 0.460. The maximum atomic E-state index is 12.6. The van der Waals surface area contributed by atoms with Gasteiger partial charge in [0.15, 0.2) is 5.84 Å². The average molecular weight is 449 g/mol. The van der Waals surface area contributed by atoms with E-state index in [1.54, 1.807) is 6.08 Å². The number of carbonyl (C=O) groups excluding carboxylic acids is 1. The Morgan fingerprint density at radius 1 is 1.12 bits per heavy atom. The van der Waals surface area contributed by atoms with Crippen molar-refractivity contribution in [3.05, 3.63) is 65.2 Å². The Kier molecular flexibility index (Phi) is 6.70. The van der Waals surface area contributed by atoms with Crippen LogP contribution < -0.4 is 9.47 Å². The fourth-order valence-corrected chi connectivity index (χ4v) is 4.24. The average Bonchev–Trinajstić information content (AvgIpc) is 3.18. The molecule has 2 aliphatic rings. The maximum absolute atomic E-state index is 12.6. The molecule has 0 spiro atoms. The lowest BCUT2D eigenvalue weighted by Gasteiger charge is -2.20. The third-order valence-electron chi connectivity index (χ3n) is 4.78. The van der Waals surface area contributed by atoms with Crippen molar-refractivity contribution in [1.82, 2.24) is 5.01 Å². The molecular weight excluding hydrogens is 424 g/mol. The number of thioether (sulfide) groups is 1. The van der Waals surface area contributed by atoms with Crippen LogP contribution in [0.5, 0.6) is 11.5 Å². The summed E-state index contributed by atoms with van der Waals surface area (Å²) in [6.07, 6.45) is 3.37. The second-order valence-electron chi connectivity index (χ2n) is 7.32. The van der Waals surface area contributed by atoms with Crippen molar-refractivity contribution in [3.8, 4) is 11.5 Å². The number of ether oxygens (including phenoxy) is 2. The Balaban J connectivity index is 1.46. The predicted molar refractivity (Wildman–Crippen MR) is 129 cm³/mol. The minimum atomic E-state index is -0.445. The van der Waals surface area contributed by atoms with E-state index in [2.05, 4.69) is 17.0 Å². The molecule has 4 rings (SSSR count). The van der Waals surface area contributed by atoms with E-state index >= 15 is 0 Å². The lowest BCUT2D eigenvalue weighted by atomic mass is 10.1. The van der Waals surface area contributed by atoms with Crippen molar-refractivity contribution in [2.24, 2.45) is 10.1 Å². The first-order chi connectivity index (χ1) is 15.5. The van der Waals surface area contributed by atoms with E-state index in [1.807, 2.05) is 55.5 Å². The number of hydrazone groups is 1. The highest BCUT2D eigenvalue weighted by molar-refractivity contribution is 8.26. The lowest BCUT2D eigenvalue weighted by molar-refractivity contribution is -0.114. The molecule has 0 unspecified atom stereocenters. The highest BCUT2D eigenvalue weighted by Gasteiger charge is 2.35. The number of nitrogens with zero attached hydrogens (tertiary/aromatic N) is 3. The fraction of sp³-hybridized carbons (Fsp3) is 0.250. The Morgan fingerprint density at radius 3 is 2.75 bits per heavy atom. The summed E-state index contributed by atoms with van der Waals surface area (Å²) < 4.78 is 11.6. The molecule has 2 aliphatic heterocycles. The Labute approximate surface area is 191 Å². The number of amidine groups is 2. The third-order valence-corrected chi connectivity index (χ3v) is 5.75. The van der Waals surface area contributed by atoms with Gasteiger partial charge in [0.25, 0.3) is 5.91 Å². The van der Waals surface area contributed by atoms with Crippen molar-refractivity contribution < 1.29 is 14.3 Å². The Morgan fingerprint density at radius 2 is 1.94 bits per heavy atom. The molecule has 32 heavy (non-hydrogen) atoms. The van der Waals surface area contributed by atoms with E-state index in [-0.39, 0.29) is 11.4 Å². The van der Waals surface area contributed by atoms with Crippen LogP contribution in [0.3, 0.4) is 0 Å². The first-order valence-electron chi connectivity index (χ1n) is 10.5. The smallest absolute Gasteiger partial charge is 0.283 e. The van der Waals surface area contributed by atoms with E-state index < -0.39 is 5.91 Å². The topological polar surface area (TPSA) is 87.3 Å². The van der Waals surface area contributed by atoms with Gasteiger partial charge in [0.1, 0.15) is 29.8 Å². The number of hydrogen-bond acceptors (Lipinski definition) is 6. The van der Waals surface area contributed by atoms with Gasteiger partial charge in [-0.2, -0.15) is 15.1 Å². The summed E-state index contributed by atoms with van der Waals surface area (Å²) in [5.41, 5.74) is 2.01. The van der Waals surface area contributed by atoms with Gasteiger partial charge in [0.05, 0.1) is 5.57 Å². The number of nitrogens with one attached hydrogen (secondary N) is 1. The summed E-state index contributed by atoms with van der Waals surface area (Å²) in [5, 5.41) is 15.7. The molecule has 0 fully saturated rings. The summed E-state index contributed by atoms with van der Waals surface area (Å²) in [6.45, 7) is 4.81. The van der Waals surface area contributed by atoms with E-state index in [9.17, 15) is 4.79 Å². The van der Waals surface area contributed by atoms with Crippen molar-refractivity contribution in [3.63, 3.8) is 0 Å². The van der Waals surface area contributed by atoms with Gasteiger partial charge >= 0.3 is 0 Å². The van der Waals surface area contributed by atoms with Crippen LogP contribution in [0.2, 0.25) is 0 Å². The van der Waals surface area contributed by atoms with Crippen LogP contribution in [-0.2, 0) is 4.79 Å². The molecule has 2 aromatic rings. The Bertz CT molecular complexity index is 1140. The van der Waals surface area contributed by atoms with Crippen LogP contribution >= 0.6 is 11.8 Å². The molecule has 8 heteroatoms. The summed E-state index contributed by atoms with van der Waals surface area (Å²) in [7, 11) is 0. The molecule has 0 saturated carbocycles. The minimum Gasteiger partial charge on any atom is -0.490 e. The molecule has 0 atom stereocenters. The standard InChI is InChI=1S/C24H24N4O3S/c1-3-7-21-27-28-22(25)19(23(29)26-24(28)32-21)15-17-9-4-5-11-20(17)31-13-12-30-18-10-6-8-16(2)14-18/h4-6,8-11,14-15,25H,3,7,12-13H2,1-2H3. The van der Waals surface area contributed by atoms with Crippen molar-refractivity contribution in [2.45, 2.75) is 26.7 Å². The van der Waals surface area contributed by atoms with E-state index in [4.69, 9.17) is 14.9 Å². The SMILES string of the molecule is CCCC1=NN2C(=N)C(=Cc3ccccc3OCCOc3cccc(C)c3)C(=O)N=C2S1. The van der Waals surface area contributed by atoms with Gasteiger partial charge in [-0.1, -0.05) is 37.3 Å². The van der Waals surface area contributed by atoms with Crippen LogP contribution in [0.4, 0.5) is 0 Å². The number of fused-ring (bicyclic) bond motifs is 1. The molecule has 0 aromatic heterocycles. The number of aryl methyl sites for hydroxylation is 1. The molecule has 1 amide bonds. The molecule has 0 bridgehead atoms. The van der Waals surface area contributed by atoms with Crippen LogP contribution in [0, 0.1) is 12.3 Å². The molecule has 164 valence electrons. The monoisotopic (exact) mass is 448 g/mol. The Hall–Kier alpha value is -3.39. The summed E-state index contributed by atoms with van der Waals surface area (Å²) in [6, 6.07) is 15.2. The zero-order chi connectivity index (χ0) is 22.5. The third kappa shape index (κ3) is 4.91. The van der Waals surface area contributed by atoms with Crippen molar-refractivity contribution in [1.29, 1.82) is 5.41 Å².